The van der Waals surface area contributed by atoms with Gasteiger partial charge in [-0.1, -0.05) is 23.7 Å². The molecule has 3 rings (SSSR count). The average molecular weight is 397 g/mol. The summed E-state index contributed by atoms with van der Waals surface area (Å²) in [7, 11) is 0. The number of carbonyl (C=O) groups is 1. The smallest absolute Gasteiger partial charge is 0.233 e. The molecule has 0 atom stereocenters. The maximum atomic E-state index is 12.4. The molecular formula is C18H22Cl2N4O2. The molecule has 2 heterocycles. The van der Waals surface area contributed by atoms with Crippen molar-refractivity contribution < 1.29 is 9.53 Å². The second-order valence-corrected chi connectivity index (χ2v) is 6.27. The molecule has 6 nitrogen and oxygen atoms in total. The van der Waals surface area contributed by atoms with Crippen molar-refractivity contribution in [3.05, 3.63) is 47.0 Å². The molecule has 0 saturated carbocycles. The number of carbonyl (C=O) groups excluding carboxylic acids is 1. The third kappa shape index (κ3) is 5.22. The topological polar surface area (TPSA) is 58.6 Å². The number of aromatic nitrogens is 2. The Hall–Kier alpha value is -2.05. The van der Waals surface area contributed by atoms with Crippen LogP contribution in [-0.4, -0.2) is 53.8 Å². The van der Waals surface area contributed by atoms with E-state index < -0.39 is 0 Å². The van der Waals surface area contributed by atoms with Crippen molar-refractivity contribution in [3.8, 4) is 5.88 Å². The summed E-state index contributed by atoms with van der Waals surface area (Å²) in [4.78, 5) is 16.5. The molecule has 1 saturated heterocycles. The number of anilines is 1. The molecule has 0 radical (unpaired) electrons. The summed E-state index contributed by atoms with van der Waals surface area (Å²) in [5, 5.41) is 8.94. The second kappa shape index (κ2) is 9.59. The quantitative estimate of drug-likeness (QED) is 0.777. The zero-order valence-corrected chi connectivity index (χ0v) is 16.2. The van der Waals surface area contributed by atoms with Gasteiger partial charge in [-0.05, 0) is 30.7 Å². The molecular weight excluding hydrogens is 375 g/mol. The summed E-state index contributed by atoms with van der Waals surface area (Å²) < 4.78 is 5.31. The highest BCUT2D eigenvalue weighted by Crippen LogP contribution is 2.16. The minimum Gasteiger partial charge on any atom is -0.477 e. The predicted octanol–water partition coefficient (Wildman–Crippen LogP) is 2.84. The third-order valence-electron chi connectivity index (χ3n) is 4.14. The van der Waals surface area contributed by atoms with E-state index in [9.17, 15) is 4.79 Å². The van der Waals surface area contributed by atoms with Crippen molar-refractivity contribution in [2.45, 2.75) is 13.3 Å². The standard InChI is InChI=1S/C18H21ClN4O2.ClH/c1-2-25-17-8-7-16(20-21-17)22-9-11-23(12-10-22)18(24)13-14-3-5-15(19)6-4-14;/h3-8H,2,9-13H2,1H3;1H. The molecule has 1 fully saturated rings. The van der Waals surface area contributed by atoms with Crippen LogP contribution in [0.3, 0.4) is 0 Å². The van der Waals surface area contributed by atoms with Gasteiger partial charge in [-0.25, -0.2) is 0 Å². The van der Waals surface area contributed by atoms with Crippen LogP contribution in [0.2, 0.25) is 5.02 Å². The number of rotatable bonds is 5. The number of hydrogen-bond acceptors (Lipinski definition) is 5. The summed E-state index contributed by atoms with van der Waals surface area (Å²) in [5.74, 6) is 1.48. The van der Waals surface area contributed by atoms with Crippen molar-refractivity contribution >= 4 is 35.7 Å². The van der Waals surface area contributed by atoms with Crippen molar-refractivity contribution in [1.29, 1.82) is 0 Å². The van der Waals surface area contributed by atoms with Gasteiger partial charge in [0.2, 0.25) is 11.8 Å². The van der Waals surface area contributed by atoms with Gasteiger partial charge in [0, 0.05) is 37.3 Å². The summed E-state index contributed by atoms with van der Waals surface area (Å²) in [6, 6.07) is 11.1. The molecule has 0 spiro atoms. The Morgan fingerprint density at radius 3 is 2.35 bits per heavy atom. The van der Waals surface area contributed by atoms with Crippen LogP contribution in [0.1, 0.15) is 12.5 Å². The molecule has 0 N–H and O–H groups in total. The first kappa shape index (κ1) is 20.3. The first-order valence-electron chi connectivity index (χ1n) is 8.39. The number of ether oxygens (including phenoxy) is 1. The van der Waals surface area contributed by atoms with E-state index in [1.165, 1.54) is 0 Å². The number of piperazine rings is 1. The Labute approximate surface area is 164 Å². The SMILES string of the molecule is CCOc1ccc(N2CCN(C(=O)Cc3ccc(Cl)cc3)CC2)nn1.Cl. The fourth-order valence-electron chi connectivity index (χ4n) is 2.78. The van der Waals surface area contributed by atoms with Gasteiger partial charge >= 0.3 is 0 Å². The lowest BCUT2D eigenvalue weighted by Crippen LogP contribution is -2.49. The Bertz CT molecular complexity index is 702. The maximum Gasteiger partial charge on any atom is 0.233 e. The van der Waals surface area contributed by atoms with E-state index in [1.54, 1.807) is 0 Å². The van der Waals surface area contributed by atoms with E-state index in [4.69, 9.17) is 16.3 Å². The molecule has 8 heteroatoms. The summed E-state index contributed by atoms with van der Waals surface area (Å²) in [5.41, 5.74) is 0.981. The normalized spacial score (nSPS) is 13.9. The molecule has 0 aliphatic carbocycles. The van der Waals surface area contributed by atoms with Crippen LogP contribution in [0.4, 0.5) is 5.82 Å². The van der Waals surface area contributed by atoms with Crippen molar-refractivity contribution in [2.24, 2.45) is 0 Å². The van der Waals surface area contributed by atoms with E-state index in [0.717, 1.165) is 24.5 Å². The second-order valence-electron chi connectivity index (χ2n) is 5.83. The minimum absolute atomic E-state index is 0. The van der Waals surface area contributed by atoms with Crippen LogP contribution >= 0.6 is 24.0 Å². The van der Waals surface area contributed by atoms with Crippen LogP contribution in [0, 0.1) is 0 Å². The molecule has 1 aromatic heterocycles. The van der Waals surface area contributed by atoms with E-state index in [0.29, 0.717) is 37.0 Å². The summed E-state index contributed by atoms with van der Waals surface area (Å²) >= 11 is 5.88. The fourth-order valence-corrected chi connectivity index (χ4v) is 2.91. The zero-order valence-electron chi connectivity index (χ0n) is 14.6. The minimum atomic E-state index is 0. The lowest BCUT2D eigenvalue weighted by molar-refractivity contribution is -0.130. The van der Waals surface area contributed by atoms with Gasteiger partial charge in [0.1, 0.15) is 0 Å². The van der Waals surface area contributed by atoms with Crippen molar-refractivity contribution in [2.75, 3.05) is 37.7 Å². The molecule has 140 valence electrons. The van der Waals surface area contributed by atoms with Crippen molar-refractivity contribution in [3.63, 3.8) is 0 Å². The van der Waals surface area contributed by atoms with Crippen LogP contribution in [0.15, 0.2) is 36.4 Å². The van der Waals surface area contributed by atoms with E-state index in [1.807, 2.05) is 48.2 Å². The molecule has 1 aliphatic rings. The number of halogens is 2. The highest BCUT2D eigenvalue weighted by atomic mass is 35.5. The lowest BCUT2D eigenvalue weighted by Gasteiger charge is -2.35. The summed E-state index contributed by atoms with van der Waals surface area (Å²) in [6.45, 7) is 5.34. The fraction of sp³-hybridized carbons (Fsp3) is 0.389. The highest BCUT2D eigenvalue weighted by Gasteiger charge is 2.22. The number of benzene rings is 1. The molecule has 2 aromatic rings. The highest BCUT2D eigenvalue weighted by molar-refractivity contribution is 6.30. The Morgan fingerprint density at radius 2 is 1.77 bits per heavy atom. The van der Waals surface area contributed by atoms with Gasteiger partial charge in [-0.2, -0.15) is 0 Å². The molecule has 1 aromatic carbocycles. The van der Waals surface area contributed by atoms with Gasteiger partial charge < -0.3 is 14.5 Å². The number of nitrogens with zero attached hydrogens (tertiary/aromatic N) is 4. The largest absolute Gasteiger partial charge is 0.477 e. The van der Waals surface area contributed by atoms with E-state index in [2.05, 4.69) is 15.1 Å². The van der Waals surface area contributed by atoms with Crippen molar-refractivity contribution in [1.82, 2.24) is 15.1 Å². The predicted molar refractivity (Wildman–Crippen MR) is 104 cm³/mol. The average Bonchev–Trinajstić information content (AvgIpc) is 2.65. The third-order valence-corrected chi connectivity index (χ3v) is 4.40. The Morgan fingerprint density at radius 1 is 1.08 bits per heavy atom. The van der Waals surface area contributed by atoms with Gasteiger partial charge in [-0.3, -0.25) is 4.79 Å². The zero-order chi connectivity index (χ0) is 17.6. The van der Waals surface area contributed by atoms with Crippen LogP contribution in [0.5, 0.6) is 5.88 Å². The monoisotopic (exact) mass is 396 g/mol. The Balaban J connectivity index is 0.00000243. The van der Waals surface area contributed by atoms with Crippen LogP contribution < -0.4 is 9.64 Å². The number of amides is 1. The van der Waals surface area contributed by atoms with Gasteiger partial charge in [-0.15, -0.1) is 22.6 Å². The van der Waals surface area contributed by atoms with Crippen LogP contribution in [0.25, 0.3) is 0 Å². The van der Waals surface area contributed by atoms with E-state index >= 15 is 0 Å². The first-order chi connectivity index (χ1) is 12.2. The molecule has 1 aliphatic heterocycles. The molecule has 0 bridgehead atoms. The summed E-state index contributed by atoms with van der Waals surface area (Å²) in [6.07, 6.45) is 0.403. The molecule has 26 heavy (non-hydrogen) atoms. The molecule has 1 amide bonds. The first-order valence-corrected chi connectivity index (χ1v) is 8.77. The van der Waals surface area contributed by atoms with Gasteiger partial charge in [0.15, 0.2) is 5.82 Å². The van der Waals surface area contributed by atoms with Gasteiger partial charge in [0.05, 0.1) is 13.0 Å². The number of hydrogen-bond donors (Lipinski definition) is 0. The van der Waals surface area contributed by atoms with Gasteiger partial charge in [0.25, 0.3) is 0 Å². The maximum absolute atomic E-state index is 12.4. The van der Waals surface area contributed by atoms with Crippen LogP contribution in [-0.2, 0) is 11.2 Å². The molecule has 0 unspecified atom stereocenters. The lowest BCUT2D eigenvalue weighted by atomic mass is 10.1. The Kier molecular flexibility index (Phi) is 7.48. The van der Waals surface area contributed by atoms with E-state index in [-0.39, 0.29) is 18.3 Å².